The van der Waals surface area contributed by atoms with E-state index in [0.29, 0.717) is 24.9 Å². The van der Waals surface area contributed by atoms with Crippen LogP contribution in [-0.2, 0) is 11.3 Å². The van der Waals surface area contributed by atoms with Crippen molar-refractivity contribution in [3.63, 3.8) is 0 Å². The number of carbonyl (C=O) groups is 2. The molecule has 3 N–H and O–H groups in total. The summed E-state index contributed by atoms with van der Waals surface area (Å²) in [6.07, 6.45) is 2.70. The maximum atomic E-state index is 11.0. The van der Waals surface area contributed by atoms with Crippen LogP contribution >= 0.6 is 0 Å². The standard InChI is InChI=1S/C12H18N2O3/c1-8(2)11-9(12(16)17)5-7-14(11)6-3-4-10(13)15/h5,7-8H,3-4,6H2,1-2H3,(H2,13,15)(H,16,17). The van der Waals surface area contributed by atoms with Gasteiger partial charge in [0.15, 0.2) is 0 Å². The average Bonchev–Trinajstić information content (AvgIpc) is 2.61. The number of aromatic carboxylic acids is 1. The summed E-state index contributed by atoms with van der Waals surface area (Å²) >= 11 is 0. The lowest BCUT2D eigenvalue weighted by atomic mass is 10.1. The number of amides is 1. The largest absolute Gasteiger partial charge is 0.478 e. The van der Waals surface area contributed by atoms with Crippen LogP contribution in [0.5, 0.6) is 0 Å². The van der Waals surface area contributed by atoms with E-state index in [9.17, 15) is 9.59 Å². The van der Waals surface area contributed by atoms with Gasteiger partial charge in [0.2, 0.25) is 5.91 Å². The zero-order valence-electron chi connectivity index (χ0n) is 10.1. The lowest BCUT2D eigenvalue weighted by Crippen LogP contribution is -2.13. The van der Waals surface area contributed by atoms with E-state index < -0.39 is 5.97 Å². The van der Waals surface area contributed by atoms with E-state index >= 15 is 0 Å². The second kappa shape index (κ2) is 5.52. The van der Waals surface area contributed by atoms with Gasteiger partial charge in [0.1, 0.15) is 0 Å². The second-order valence-corrected chi connectivity index (χ2v) is 4.34. The van der Waals surface area contributed by atoms with Crippen molar-refractivity contribution in [3.05, 3.63) is 23.5 Å². The van der Waals surface area contributed by atoms with Crippen molar-refractivity contribution in [2.45, 2.75) is 39.2 Å². The Balaban J connectivity index is 2.85. The molecule has 1 aromatic rings. The summed E-state index contributed by atoms with van der Waals surface area (Å²) < 4.78 is 1.89. The minimum absolute atomic E-state index is 0.129. The molecule has 0 radical (unpaired) electrons. The molecule has 5 heteroatoms. The molecule has 0 bridgehead atoms. The summed E-state index contributed by atoms with van der Waals surface area (Å²) in [6, 6.07) is 1.60. The smallest absolute Gasteiger partial charge is 0.337 e. The molecule has 1 amide bonds. The van der Waals surface area contributed by atoms with E-state index in [4.69, 9.17) is 10.8 Å². The first-order chi connectivity index (χ1) is 7.93. The summed E-state index contributed by atoms with van der Waals surface area (Å²) in [5, 5.41) is 9.05. The molecule has 17 heavy (non-hydrogen) atoms. The lowest BCUT2D eigenvalue weighted by molar-refractivity contribution is -0.118. The van der Waals surface area contributed by atoms with Crippen LogP contribution in [0.2, 0.25) is 0 Å². The summed E-state index contributed by atoms with van der Waals surface area (Å²) in [6.45, 7) is 4.52. The minimum Gasteiger partial charge on any atom is -0.478 e. The maximum Gasteiger partial charge on any atom is 0.337 e. The Morgan fingerprint density at radius 1 is 1.47 bits per heavy atom. The zero-order valence-corrected chi connectivity index (χ0v) is 10.1. The molecule has 0 aliphatic rings. The highest BCUT2D eigenvalue weighted by Gasteiger charge is 2.17. The highest BCUT2D eigenvalue weighted by Crippen LogP contribution is 2.21. The van der Waals surface area contributed by atoms with E-state index in [1.807, 2.05) is 18.4 Å². The number of carbonyl (C=O) groups excluding carboxylic acids is 1. The normalized spacial score (nSPS) is 10.8. The van der Waals surface area contributed by atoms with E-state index in [-0.39, 0.29) is 11.8 Å². The van der Waals surface area contributed by atoms with Crippen LogP contribution in [0.25, 0.3) is 0 Å². The van der Waals surface area contributed by atoms with Crippen molar-refractivity contribution < 1.29 is 14.7 Å². The number of hydrogen-bond donors (Lipinski definition) is 2. The number of nitrogens with two attached hydrogens (primary N) is 1. The Bertz CT molecular complexity index is 421. The fourth-order valence-electron chi connectivity index (χ4n) is 1.93. The minimum atomic E-state index is -0.914. The number of carboxylic acids is 1. The summed E-state index contributed by atoms with van der Waals surface area (Å²) in [5.74, 6) is -1.12. The molecule has 1 heterocycles. The number of aryl methyl sites for hydroxylation is 1. The molecule has 5 nitrogen and oxygen atoms in total. The number of aromatic nitrogens is 1. The molecule has 94 valence electrons. The summed E-state index contributed by atoms with van der Waals surface area (Å²) in [5.41, 5.74) is 6.19. The summed E-state index contributed by atoms with van der Waals surface area (Å²) in [4.78, 5) is 21.7. The van der Waals surface area contributed by atoms with Crippen LogP contribution in [-0.4, -0.2) is 21.6 Å². The molecule has 0 aromatic carbocycles. The lowest BCUT2D eigenvalue weighted by Gasteiger charge is -2.12. The Kier molecular flexibility index (Phi) is 4.31. The average molecular weight is 238 g/mol. The van der Waals surface area contributed by atoms with Gasteiger partial charge < -0.3 is 15.4 Å². The first kappa shape index (κ1) is 13.3. The number of nitrogens with zero attached hydrogens (tertiary/aromatic N) is 1. The van der Waals surface area contributed by atoms with Gasteiger partial charge in [0.05, 0.1) is 5.56 Å². The van der Waals surface area contributed by atoms with Gasteiger partial charge in [-0.2, -0.15) is 0 Å². The van der Waals surface area contributed by atoms with Gasteiger partial charge in [-0.3, -0.25) is 4.79 Å². The number of rotatable bonds is 6. The number of hydrogen-bond acceptors (Lipinski definition) is 2. The van der Waals surface area contributed by atoms with Crippen molar-refractivity contribution in [1.29, 1.82) is 0 Å². The summed E-state index contributed by atoms with van der Waals surface area (Å²) in [7, 11) is 0. The maximum absolute atomic E-state index is 11.0. The third kappa shape index (κ3) is 3.34. The van der Waals surface area contributed by atoms with E-state index in [1.54, 1.807) is 12.3 Å². The van der Waals surface area contributed by atoms with Crippen LogP contribution in [0.3, 0.4) is 0 Å². The molecule has 0 saturated heterocycles. The molecule has 0 spiro atoms. The highest BCUT2D eigenvalue weighted by molar-refractivity contribution is 5.89. The van der Waals surface area contributed by atoms with Crippen molar-refractivity contribution in [1.82, 2.24) is 4.57 Å². The predicted molar refractivity (Wildman–Crippen MR) is 63.9 cm³/mol. The van der Waals surface area contributed by atoms with Crippen LogP contribution in [0, 0.1) is 0 Å². The molecule has 1 rings (SSSR count). The molecule has 0 atom stereocenters. The first-order valence-corrected chi connectivity index (χ1v) is 5.64. The van der Waals surface area contributed by atoms with Gasteiger partial charge in [0, 0.05) is 24.9 Å². The third-order valence-electron chi connectivity index (χ3n) is 2.61. The Morgan fingerprint density at radius 2 is 2.12 bits per heavy atom. The van der Waals surface area contributed by atoms with Crippen LogP contribution in [0.1, 0.15) is 48.7 Å². The van der Waals surface area contributed by atoms with Crippen LogP contribution in [0.15, 0.2) is 12.3 Å². The van der Waals surface area contributed by atoms with E-state index in [2.05, 4.69) is 0 Å². The zero-order chi connectivity index (χ0) is 13.0. The molecular formula is C12H18N2O3. The molecule has 0 unspecified atom stereocenters. The molecule has 0 saturated carbocycles. The molecule has 0 aliphatic carbocycles. The van der Waals surface area contributed by atoms with Gasteiger partial charge in [-0.15, -0.1) is 0 Å². The third-order valence-corrected chi connectivity index (χ3v) is 2.61. The van der Waals surface area contributed by atoms with Crippen molar-refractivity contribution in [2.75, 3.05) is 0 Å². The van der Waals surface area contributed by atoms with Crippen molar-refractivity contribution in [2.24, 2.45) is 5.73 Å². The van der Waals surface area contributed by atoms with Gasteiger partial charge in [-0.25, -0.2) is 4.79 Å². The van der Waals surface area contributed by atoms with Gasteiger partial charge in [-0.1, -0.05) is 13.8 Å². The van der Waals surface area contributed by atoms with Crippen molar-refractivity contribution >= 4 is 11.9 Å². The molecule has 0 fully saturated rings. The first-order valence-electron chi connectivity index (χ1n) is 5.64. The fourth-order valence-corrected chi connectivity index (χ4v) is 1.93. The van der Waals surface area contributed by atoms with Gasteiger partial charge >= 0.3 is 5.97 Å². The topological polar surface area (TPSA) is 85.3 Å². The molecule has 0 aliphatic heterocycles. The van der Waals surface area contributed by atoms with Gasteiger partial charge in [-0.05, 0) is 18.4 Å². The Labute approximate surface area is 100 Å². The Morgan fingerprint density at radius 3 is 2.59 bits per heavy atom. The Hall–Kier alpha value is -1.78. The van der Waals surface area contributed by atoms with Crippen LogP contribution in [0.4, 0.5) is 0 Å². The van der Waals surface area contributed by atoms with E-state index in [0.717, 1.165) is 5.69 Å². The monoisotopic (exact) mass is 238 g/mol. The quantitative estimate of drug-likeness (QED) is 0.788. The number of carboxylic acid groups (broad SMARTS) is 1. The second-order valence-electron chi connectivity index (χ2n) is 4.34. The van der Waals surface area contributed by atoms with E-state index in [1.165, 1.54) is 0 Å². The van der Waals surface area contributed by atoms with Gasteiger partial charge in [0.25, 0.3) is 0 Å². The van der Waals surface area contributed by atoms with Crippen molar-refractivity contribution in [3.8, 4) is 0 Å². The highest BCUT2D eigenvalue weighted by atomic mass is 16.4. The SMILES string of the molecule is CC(C)c1c(C(=O)O)ccn1CCCC(N)=O. The molecular weight excluding hydrogens is 220 g/mol. The van der Waals surface area contributed by atoms with Crippen LogP contribution < -0.4 is 5.73 Å². The number of primary amides is 1. The molecule has 1 aromatic heterocycles. The predicted octanol–water partition coefficient (Wildman–Crippen LogP) is 1.58. The fraction of sp³-hybridized carbons (Fsp3) is 0.500.